The van der Waals surface area contributed by atoms with Crippen molar-refractivity contribution in [3.05, 3.63) is 34.9 Å². The number of rotatable bonds is 1. The largest absolute Gasteiger partial charge is 0.295 e. The van der Waals surface area contributed by atoms with E-state index < -0.39 is 10.7 Å². The van der Waals surface area contributed by atoms with E-state index in [0.717, 1.165) is 0 Å². The summed E-state index contributed by atoms with van der Waals surface area (Å²) in [5.41, 5.74) is 1.09. The van der Waals surface area contributed by atoms with Crippen molar-refractivity contribution in [3.8, 4) is 0 Å². The maximum Gasteiger partial charge on any atom is 0.286 e. The first-order valence-electron chi connectivity index (χ1n) is 4.59. The Morgan fingerprint density at radius 3 is 2.80 bits per heavy atom. The number of benzene rings is 1. The zero-order valence-corrected chi connectivity index (χ0v) is 9.64. The van der Waals surface area contributed by atoms with Gasteiger partial charge in [0.2, 0.25) is 0 Å². The van der Waals surface area contributed by atoms with Crippen molar-refractivity contribution in [2.45, 2.75) is 24.1 Å². The predicted octanol–water partition coefficient (Wildman–Crippen LogP) is 3.30. The summed E-state index contributed by atoms with van der Waals surface area (Å²) in [7, 11) is 0. The molecule has 0 aromatic heterocycles. The monoisotopic (exact) mass is 274 g/mol. The molecule has 0 aliphatic heterocycles. The predicted molar refractivity (Wildman–Crippen MR) is 56.8 cm³/mol. The van der Waals surface area contributed by atoms with Gasteiger partial charge in [-0.15, -0.1) is 0 Å². The SMILES string of the molecule is CC(=O)c1ccc2c(c1)CC(Br)C2(F)F. The smallest absolute Gasteiger partial charge is 0.286 e. The number of fused-ring (bicyclic) bond motifs is 1. The molecule has 0 bridgehead atoms. The summed E-state index contributed by atoms with van der Waals surface area (Å²) in [5, 5.41) is 0. The van der Waals surface area contributed by atoms with Crippen LogP contribution in [0.5, 0.6) is 0 Å². The van der Waals surface area contributed by atoms with Crippen molar-refractivity contribution in [3.63, 3.8) is 0 Å². The van der Waals surface area contributed by atoms with Crippen molar-refractivity contribution >= 4 is 21.7 Å². The number of hydrogen-bond acceptors (Lipinski definition) is 1. The molecule has 1 nitrogen and oxygen atoms in total. The van der Waals surface area contributed by atoms with E-state index in [-0.39, 0.29) is 17.8 Å². The van der Waals surface area contributed by atoms with E-state index >= 15 is 0 Å². The van der Waals surface area contributed by atoms with Gasteiger partial charge in [-0.1, -0.05) is 28.1 Å². The second kappa shape index (κ2) is 3.37. The van der Waals surface area contributed by atoms with E-state index in [1.54, 1.807) is 6.07 Å². The average molecular weight is 275 g/mol. The van der Waals surface area contributed by atoms with E-state index in [1.165, 1.54) is 19.1 Å². The van der Waals surface area contributed by atoms with E-state index in [4.69, 9.17) is 0 Å². The minimum Gasteiger partial charge on any atom is -0.295 e. The minimum atomic E-state index is -2.83. The molecule has 1 atom stereocenters. The molecule has 15 heavy (non-hydrogen) atoms. The van der Waals surface area contributed by atoms with Crippen LogP contribution in [0.3, 0.4) is 0 Å². The molecule has 2 rings (SSSR count). The van der Waals surface area contributed by atoms with Crippen LogP contribution in [0, 0.1) is 0 Å². The molecule has 1 aromatic carbocycles. The number of ketones is 1. The number of Topliss-reactive ketones (excluding diaryl/α,β-unsaturated/α-hetero) is 1. The van der Waals surface area contributed by atoms with Gasteiger partial charge >= 0.3 is 0 Å². The lowest BCUT2D eigenvalue weighted by molar-refractivity contribution is 0.00631. The van der Waals surface area contributed by atoms with Gasteiger partial charge in [0.25, 0.3) is 5.92 Å². The number of carbonyl (C=O) groups excluding carboxylic acids is 1. The lowest BCUT2D eigenvalue weighted by atomic mass is 10.0. The molecule has 0 saturated heterocycles. The summed E-state index contributed by atoms with van der Waals surface area (Å²) >= 11 is 2.97. The summed E-state index contributed by atoms with van der Waals surface area (Å²) in [6.07, 6.45) is 0.267. The fraction of sp³-hybridized carbons (Fsp3) is 0.364. The number of carbonyl (C=O) groups is 1. The van der Waals surface area contributed by atoms with Crippen LogP contribution in [0.1, 0.15) is 28.4 Å². The van der Waals surface area contributed by atoms with E-state index in [2.05, 4.69) is 15.9 Å². The zero-order chi connectivity index (χ0) is 11.2. The molecule has 0 heterocycles. The summed E-state index contributed by atoms with van der Waals surface area (Å²) < 4.78 is 27.1. The Labute approximate surface area is 94.6 Å². The van der Waals surface area contributed by atoms with Crippen LogP contribution >= 0.6 is 15.9 Å². The van der Waals surface area contributed by atoms with Gasteiger partial charge in [-0.3, -0.25) is 4.79 Å². The third-order valence-electron chi connectivity index (χ3n) is 2.66. The topological polar surface area (TPSA) is 17.1 Å². The maximum atomic E-state index is 13.5. The van der Waals surface area contributed by atoms with Crippen molar-refractivity contribution in [2.24, 2.45) is 0 Å². The van der Waals surface area contributed by atoms with Crippen molar-refractivity contribution in [1.29, 1.82) is 0 Å². The highest BCUT2D eigenvalue weighted by Gasteiger charge is 2.47. The molecule has 0 spiro atoms. The normalized spacial score (nSPS) is 22.5. The highest BCUT2D eigenvalue weighted by atomic mass is 79.9. The van der Waals surface area contributed by atoms with Gasteiger partial charge in [-0.2, -0.15) is 0 Å². The van der Waals surface area contributed by atoms with Crippen LogP contribution in [0.2, 0.25) is 0 Å². The van der Waals surface area contributed by atoms with Gasteiger partial charge in [-0.25, -0.2) is 8.78 Å². The van der Waals surface area contributed by atoms with Crippen LogP contribution in [0.4, 0.5) is 8.78 Å². The molecule has 0 amide bonds. The highest BCUT2D eigenvalue weighted by molar-refractivity contribution is 9.09. The first-order chi connectivity index (χ1) is 6.93. The molecule has 4 heteroatoms. The number of halogens is 3. The third kappa shape index (κ3) is 1.61. The Morgan fingerprint density at radius 1 is 1.53 bits per heavy atom. The zero-order valence-electron chi connectivity index (χ0n) is 8.06. The molecule has 0 saturated carbocycles. The Kier molecular flexibility index (Phi) is 2.41. The molecule has 1 unspecified atom stereocenters. The molecule has 0 N–H and O–H groups in total. The fourth-order valence-corrected chi connectivity index (χ4v) is 2.39. The van der Waals surface area contributed by atoms with Crippen molar-refractivity contribution < 1.29 is 13.6 Å². The first-order valence-corrected chi connectivity index (χ1v) is 5.50. The standard InChI is InChI=1S/C11H9BrF2O/c1-6(15)7-2-3-9-8(4-7)5-10(12)11(9,13)14/h2-4,10H,5H2,1H3. The fourth-order valence-electron chi connectivity index (χ4n) is 1.80. The van der Waals surface area contributed by atoms with Crippen LogP contribution < -0.4 is 0 Å². The quantitative estimate of drug-likeness (QED) is 0.567. The lowest BCUT2D eigenvalue weighted by Crippen LogP contribution is -2.20. The molecule has 0 fully saturated rings. The Balaban J connectivity index is 2.51. The molecule has 80 valence electrons. The molecule has 1 aliphatic rings. The number of hydrogen-bond donors (Lipinski definition) is 0. The highest BCUT2D eigenvalue weighted by Crippen LogP contribution is 2.45. The van der Waals surface area contributed by atoms with E-state index in [9.17, 15) is 13.6 Å². The lowest BCUT2D eigenvalue weighted by Gasteiger charge is -2.13. The Morgan fingerprint density at radius 2 is 2.20 bits per heavy atom. The Hall–Kier alpha value is -0.770. The number of alkyl halides is 3. The molecule has 1 aliphatic carbocycles. The second-order valence-electron chi connectivity index (χ2n) is 3.72. The van der Waals surface area contributed by atoms with Gasteiger partial charge in [0, 0.05) is 11.1 Å². The van der Waals surface area contributed by atoms with Gasteiger partial charge in [0.1, 0.15) is 0 Å². The van der Waals surface area contributed by atoms with Crippen LogP contribution in [-0.2, 0) is 12.3 Å². The van der Waals surface area contributed by atoms with Gasteiger partial charge < -0.3 is 0 Å². The summed E-state index contributed by atoms with van der Waals surface area (Å²) in [4.78, 5) is 10.2. The van der Waals surface area contributed by atoms with Crippen molar-refractivity contribution in [2.75, 3.05) is 0 Å². The van der Waals surface area contributed by atoms with E-state index in [0.29, 0.717) is 11.1 Å². The van der Waals surface area contributed by atoms with Gasteiger partial charge in [0.15, 0.2) is 5.78 Å². The van der Waals surface area contributed by atoms with Crippen LogP contribution in [0.15, 0.2) is 18.2 Å². The molecule has 0 radical (unpaired) electrons. The summed E-state index contributed by atoms with van der Waals surface area (Å²) in [6, 6.07) is 4.38. The summed E-state index contributed by atoms with van der Waals surface area (Å²) in [5.74, 6) is -2.93. The average Bonchev–Trinajstić information content (AvgIpc) is 2.38. The van der Waals surface area contributed by atoms with Gasteiger partial charge in [-0.05, 0) is 25.0 Å². The first kappa shape index (κ1) is 10.7. The molecule has 1 aromatic rings. The van der Waals surface area contributed by atoms with E-state index in [1.807, 2.05) is 0 Å². The van der Waals surface area contributed by atoms with Crippen LogP contribution in [0.25, 0.3) is 0 Å². The maximum absolute atomic E-state index is 13.5. The Bertz CT molecular complexity index is 429. The van der Waals surface area contributed by atoms with Gasteiger partial charge in [0.05, 0.1) is 4.83 Å². The second-order valence-corrected chi connectivity index (χ2v) is 4.83. The molecular weight excluding hydrogens is 266 g/mol. The van der Waals surface area contributed by atoms with Crippen molar-refractivity contribution in [1.82, 2.24) is 0 Å². The minimum absolute atomic E-state index is 0.0365. The summed E-state index contributed by atoms with van der Waals surface area (Å²) in [6.45, 7) is 1.43. The third-order valence-corrected chi connectivity index (χ3v) is 3.56. The molecular formula is C11H9BrF2O. The van der Waals surface area contributed by atoms with Crippen LogP contribution in [-0.4, -0.2) is 10.6 Å².